The Kier molecular flexibility index (Phi) is 3.73. The molecule has 0 unspecified atom stereocenters. The number of carbonyl (C=O) groups is 1. The van der Waals surface area contributed by atoms with E-state index in [0.29, 0.717) is 17.3 Å². The predicted octanol–water partition coefficient (Wildman–Crippen LogP) is 1.33. The first-order valence-electron chi connectivity index (χ1n) is 4.82. The van der Waals surface area contributed by atoms with Crippen LogP contribution in [0.4, 0.5) is 5.13 Å². The number of rotatable bonds is 4. The number of nitrogens with zero attached hydrogens (tertiary/aromatic N) is 3. The van der Waals surface area contributed by atoms with Crippen LogP contribution < -0.4 is 5.32 Å². The molecule has 0 atom stereocenters. The van der Waals surface area contributed by atoms with Gasteiger partial charge < -0.3 is 4.74 Å². The van der Waals surface area contributed by atoms with Gasteiger partial charge in [-0.15, -0.1) is 10.2 Å². The van der Waals surface area contributed by atoms with E-state index in [1.54, 1.807) is 31.6 Å². The molecule has 0 saturated heterocycles. The number of ether oxygens (including phenoxy) is 1. The molecular formula is C10H10N4O2S. The molecule has 0 spiro atoms. The fourth-order valence-electron chi connectivity index (χ4n) is 1.16. The number of methoxy groups -OCH3 is 1. The largest absolute Gasteiger partial charge is 0.377 e. The summed E-state index contributed by atoms with van der Waals surface area (Å²) in [6.45, 7) is 0.392. The van der Waals surface area contributed by atoms with Crippen molar-refractivity contribution < 1.29 is 9.53 Å². The molecule has 2 aromatic rings. The third kappa shape index (κ3) is 3.05. The standard InChI is InChI=1S/C10H10N4O2S/c1-16-6-8-13-14-10(17-8)12-9(15)7-2-4-11-5-3-7/h2-5H,6H2,1H3,(H,12,14,15). The van der Waals surface area contributed by atoms with Crippen molar-refractivity contribution in [3.8, 4) is 0 Å². The minimum Gasteiger partial charge on any atom is -0.377 e. The zero-order chi connectivity index (χ0) is 12.1. The molecular weight excluding hydrogens is 240 g/mol. The predicted molar refractivity (Wildman–Crippen MR) is 62.8 cm³/mol. The molecule has 0 aliphatic carbocycles. The number of carbonyl (C=O) groups excluding carboxylic acids is 1. The molecule has 0 aliphatic rings. The molecule has 0 fully saturated rings. The first-order valence-corrected chi connectivity index (χ1v) is 5.64. The van der Waals surface area contributed by atoms with Crippen LogP contribution in [-0.2, 0) is 11.3 Å². The summed E-state index contributed by atoms with van der Waals surface area (Å²) < 4.78 is 4.92. The lowest BCUT2D eigenvalue weighted by Gasteiger charge is -1.99. The highest BCUT2D eigenvalue weighted by Gasteiger charge is 2.09. The van der Waals surface area contributed by atoms with Gasteiger partial charge >= 0.3 is 0 Å². The molecule has 6 nitrogen and oxygen atoms in total. The molecule has 2 aromatic heterocycles. The maximum absolute atomic E-state index is 11.7. The first-order chi connectivity index (χ1) is 8.29. The average molecular weight is 250 g/mol. The van der Waals surface area contributed by atoms with Crippen LogP contribution in [0, 0.1) is 0 Å². The number of aromatic nitrogens is 3. The van der Waals surface area contributed by atoms with Gasteiger partial charge in [-0.1, -0.05) is 11.3 Å². The van der Waals surface area contributed by atoms with E-state index in [-0.39, 0.29) is 5.91 Å². The molecule has 0 bridgehead atoms. The lowest BCUT2D eigenvalue weighted by Crippen LogP contribution is -2.11. The van der Waals surface area contributed by atoms with E-state index in [9.17, 15) is 4.79 Å². The second kappa shape index (κ2) is 5.46. The van der Waals surface area contributed by atoms with Crippen LogP contribution >= 0.6 is 11.3 Å². The van der Waals surface area contributed by atoms with Crippen molar-refractivity contribution in [1.29, 1.82) is 0 Å². The summed E-state index contributed by atoms with van der Waals surface area (Å²) in [6.07, 6.45) is 3.12. The number of amides is 1. The number of hydrogen-bond acceptors (Lipinski definition) is 6. The van der Waals surface area contributed by atoms with Crippen molar-refractivity contribution >= 4 is 22.4 Å². The molecule has 0 aromatic carbocycles. The number of nitrogens with one attached hydrogen (secondary N) is 1. The van der Waals surface area contributed by atoms with Crippen molar-refractivity contribution in [2.24, 2.45) is 0 Å². The lowest BCUT2D eigenvalue weighted by atomic mass is 10.2. The van der Waals surface area contributed by atoms with Crippen molar-refractivity contribution in [3.63, 3.8) is 0 Å². The molecule has 1 N–H and O–H groups in total. The first kappa shape index (κ1) is 11.6. The Hall–Kier alpha value is -1.86. The molecule has 1 amide bonds. The van der Waals surface area contributed by atoms with E-state index in [0.717, 1.165) is 5.01 Å². The van der Waals surface area contributed by atoms with Crippen LogP contribution in [0.25, 0.3) is 0 Å². The topological polar surface area (TPSA) is 77.0 Å². The smallest absolute Gasteiger partial charge is 0.257 e. The lowest BCUT2D eigenvalue weighted by molar-refractivity contribution is 0.102. The van der Waals surface area contributed by atoms with Gasteiger partial charge in [-0.2, -0.15) is 0 Å². The van der Waals surface area contributed by atoms with Gasteiger partial charge in [0, 0.05) is 25.1 Å². The number of pyridine rings is 1. The molecule has 17 heavy (non-hydrogen) atoms. The average Bonchev–Trinajstić information content (AvgIpc) is 2.78. The van der Waals surface area contributed by atoms with E-state index in [1.807, 2.05) is 0 Å². The molecule has 7 heteroatoms. The van der Waals surface area contributed by atoms with E-state index in [2.05, 4.69) is 20.5 Å². The second-order valence-corrected chi connectivity index (χ2v) is 4.19. The maximum atomic E-state index is 11.7. The van der Waals surface area contributed by atoms with Crippen molar-refractivity contribution in [3.05, 3.63) is 35.1 Å². The Balaban J connectivity index is 2.03. The zero-order valence-electron chi connectivity index (χ0n) is 9.08. The van der Waals surface area contributed by atoms with Gasteiger partial charge in [-0.3, -0.25) is 15.1 Å². The fraction of sp³-hybridized carbons (Fsp3) is 0.200. The van der Waals surface area contributed by atoms with Gasteiger partial charge in [0.2, 0.25) is 5.13 Å². The second-order valence-electron chi connectivity index (χ2n) is 3.12. The minimum absolute atomic E-state index is 0.229. The van der Waals surface area contributed by atoms with Crippen LogP contribution in [0.3, 0.4) is 0 Å². The Morgan fingerprint density at radius 1 is 1.41 bits per heavy atom. The van der Waals surface area contributed by atoms with Gasteiger partial charge in [-0.25, -0.2) is 0 Å². The Labute approximate surface area is 102 Å². The zero-order valence-corrected chi connectivity index (χ0v) is 9.90. The van der Waals surface area contributed by atoms with Crippen LogP contribution in [0.2, 0.25) is 0 Å². The minimum atomic E-state index is -0.229. The Morgan fingerprint density at radius 3 is 2.88 bits per heavy atom. The quantitative estimate of drug-likeness (QED) is 0.885. The van der Waals surface area contributed by atoms with Crippen LogP contribution in [-0.4, -0.2) is 28.2 Å². The summed E-state index contributed by atoms with van der Waals surface area (Å²) in [7, 11) is 1.58. The highest BCUT2D eigenvalue weighted by Crippen LogP contribution is 2.16. The molecule has 0 radical (unpaired) electrons. The van der Waals surface area contributed by atoms with E-state index >= 15 is 0 Å². The van der Waals surface area contributed by atoms with E-state index in [4.69, 9.17) is 4.74 Å². The number of hydrogen-bond donors (Lipinski definition) is 1. The summed E-state index contributed by atoms with van der Waals surface area (Å²) in [6, 6.07) is 3.26. The van der Waals surface area contributed by atoms with Gasteiger partial charge in [0.05, 0.1) is 0 Å². The fourth-order valence-corrected chi connectivity index (χ4v) is 1.87. The monoisotopic (exact) mass is 250 g/mol. The van der Waals surface area contributed by atoms with Crippen molar-refractivity contribution in [1.82, 2.24) is 15.2 Å². The van der Waals surface area contributed by atoms with Gasteiger partial charge in [-0.05, 0) is 12.1 Å². The molecule has 0 saturated carbocycles. The summed E-state index contributed by atoms with van der Waals surface area (Å²) >= 11 is 1.29. The van der Waals surface area contributed by atoms with E-state index in [1.165, 1.54) is 11.3 Å². The highest BCUT2D eigenvalue weighted by atomic mass is 32.1. The van der Waals surface area contributed by atoms with E-state index < -0.39 is 0 Å². The third-order valence-electron chi connectivity index (χ3n) is 1.90. The van der Waals surface area contributed by atoms with Gasteiger partial charge in [0.15, 0.2) is 0 Å². The summed E-state index contributed by atoms with van der Waals surface area (Å²) in [5, 5.41) is 11.5. The van der Waals surface area contributed by atoms with Gasteiger partial charge in [0.1, 0.15) is 11.6 Å². The Bertz CT molecular complexity index is 500. The van der Waals surface area contributed by atoms with Gasteiger partial charge in [0.25, 0.3) is 5.91 Å². The molecule has 2 heterocycles. The van der Waals surface area contributed by atoms with Crippen LogP contribution in [0.5, 0.6) is 0 Å². The number of anilines is 1. The summed E-state index contributed by atoms with van der Waals surface area (Å²) in [5.41, 5.74) is 0.531. The molecule has 0 aliphatic heterocycles. The highest BCUT2D eigenvalue weighted by molar-refractivity contribution is 7.15. The van der Waals surface area contributed by atoms with Crippen molar-refractivity contribution in [2.45, 2.75) is 6.61 Å². The van der Waals surface area contributed by atoms with Crippen LogP contribution in [0.1, 0.15) is 15.4 Å². The summed E-state index contributed by atoms with van der Waals surface area (Å²) in [5.74, 6) is -0.229. The normalized spacial score (nSPS) is 10.2. The maximum Gasteiger partial charge on any atom is 0.257 e. The summed E-state index contributed by atoms with van der Waals surface area (Å²) in [4.78, 5) is 15.6. The molecule has 88 valence electrons. The Morgan fingerprint density at radius 2 is 2.18 bits per heavy atom. The SMILES string of the molecule is COCc1nnc(NC(=O)c2ccncc2)s1. The van der Waals surface area contributed by atoms with Crippen LogP contribution in [0.15, 0.2) is 24.5 Å². The molecule has 2 rings (SSSR count). The third-order valence-corrected chi connectivity index (χ3v) is 2.71. The van der Waals surface area contributed by atoms with Crippen molar-refractivity contribution in [2.75, 3.05) is 12.4 Å².